The van der Waals surface area contributed by atoms with Gasteiger partial charge in [-0.15, -0.1) is 0 Å². The Morgan fingerprint density at radius 3 is 2.55 bits per heavy atom. The Balaban J connectivity index is 1.46. The van der Waals surface area contributed by atoms with Crippen molar-refractivity contribution in [1.29, 1.82) is 10.7 Å². The summed E-state index contributed by atoms with van der Waals surface area (Å²) in [6.45, 7) is 6.36. The second-order valence-electron chi connectivity index (χ2n) is 7.44. The number of nitriles is 1. The van der Waals surface area contributed by atoms with E-state index in [1.54, 1.807) is 12.3 Å². The summed E-state index contributed by atoms with van der Waals surface area (Å²) in [5.41, 5.74) is 6.75. The van der Waals surface area contributed by atoms with Crippen LogP contribution < -0.4 is 4.90 Å². The van der Waals surface area contributed by atoms with Gasteiger partial charge < -0.3 is 15.2 Å². The molecular weight excluding hydrogens is 360 g/mol. The van der Waals surface area contributed by atoms with Crippen molar-refractivity contribution in [2.75, 3.05) is 37.6 Å². The molecule has 6 heteroatoms. The van der Waals surface area contributed by atoms with Crippen LogP contribution >= 0.6 is 0 Å². The number of nitrogens with one attached hydrogen (secondary N) is 1. The summed E-state index contributed by atoms with van der Waals surface area (Å²) in [5.74, 6) is 0. The molecule has 3 heterocycles. The molecule has 0 radical (unpaired) electrons. The van der Waals surface area contributed by atoms with Crippen LogP contribution in [0.2, 0.25) is 0 Å². The maximum Gasteiger partial charge on any atom is 0.140 e. The first-order valence-electron chi connectivity index (χ1n) is 9.87. The Morgan fingerprint density at radius 1 is 1.10 bits per heavy atom. The van der Waals surface area contributed by atoms with Gasteiger partial charge in [-0.25, -0.2) is 4.98 Å². The van der Waals surface area contributed by atoms with Gasteiger partial charge in [0.1, 0.15) is 11.8 Å². The zero-order valence-corrected chi connectivity index (χ0v) is 16.6. The number of para-hydroxylation sites is 1. The fraction of sp³-hybridized carbons (Fsp3) is 0.304. The van der Waals surface area contributed by atoms with Crippen molar-refractivity contribution in [1.82, 2.24) is 9.88 Å². The van der Waals surface area contributed by atoms with Crippen LogP contribution in [0.4, 0.5) is 5.69 Å². The second kappa shape index (κ2) is 8.27. The molecule has 1 saturated heterocycles. The number of benzene rings is 1. The quantitative estimate of drug-likeness (QED) is 0.800. The van der Waals surface area contributed by atoms with Gasteiger partial charge in [0, 0.05) is 72.7 Å². The smallest absolute Gasteiger partial charge is 0.140 e. The number of hydrogen-bond acceptors (Lipinski definition) is 6. The van der Waals surface area contributed by atoms with E-state index in [2.05, 4.69) is 50.1 Å². The molecule has 1 N–H and O–H groups in total. The van der Waals surface area contributed by atoms with Crippen LogP contribution in [0, 0.1) is 16.7 Å². The minimum Gasteiger partial charge on any atom is -0.370 e. The van der Waals surface area contributed by atoms with Gasteiger partial charge in [-0.3, -0.25) is 4.99 Å². The van der Waals surface area contributed by atoms with Crippen LogP contribution in [-0.4, -0.2) is 54.0 Å². The number of piperazine rings is 1. The predicted octanol–water partition coefficient (Wildman–Crippen LogP) is 3.51. The van der Waals surface area contributed by atoms with E-state index in [-0.39, 0.29) is 0 Å². The summed E-state index contributed by atoms with van der Waals surface area (Å²) in [7, 11) is 0. The molecule has 1 aromatic carbocycles. The molecule has 2 aliphatic heterocycles. The van der Waals surface area contributed by atoms with Crippen molar-refractivity contribution in [2.45, 2.75) is 13.3 Å². The zero-order chi connectivity index (χ0) is 20.2. The molecule has 4 rings (SSSR count). The zero-order valence-electron chi connectivity index (χ0n) is 16.6. The summed E-state index contributed by atoms with van der Waals surface area (Å²) >= 11 is 0. The molecule has 0 unspecified atom stereocenters. The lowest BCUT2D eigenvalue weighted by Gasteiger charge is -2.38. The van der Waals surface area contributed by atoms with Gasteiger partial charge in [-0.05, 0) is 31.2 Å². The molecule has 0 saturated carbocycles. The van der Waals surface area contributed by atoms with Crippen LogP contribution in [-0.2, 0) is 0 Å². The van der Waals surface area contributed by atoms with Gasteiger partial charge in [0.25, 0.3) is 0 Å². The van der Waals surface area contributed by atoms with E-state index in [9.17, 15) is 0 Å². The molecule has 0 aliphatic carbocycles. The normalized spacial score (nSPS) is 16.3. The summed E-state index contributed by atoms with van der Waals surface area (Å²) in [4.78, 5) is 13.6. The fourth-order valence-corrected chi connectivity index (χ4v) is 3.88. The average Bonchev–Trinajstić information content (AvgIpc) is 3.22. The third kappa shape index (κ3) is 4.19. The SMILES string of the molecule is CC(=N)CC1=NCC(N2CCN(c3ccccc3-c3ccc(C#N)nc3)CC2)=C1. The average molecular weight is 384 g/mol. The summed E-state index contributed by atoms with van der Waals surface area (Å²) in [5, 5.41) is 16.6. The Labute approximate surface area is 171 Å². The van der Waals surface area contributed by atoms with Crippen LogP contribution in [0.5, 0.6) is 0 Å². The van der Waals surface area contributed by atoms with Gasteiger partial charge in [-0.2, -0.15) is 5.26 Å². The lowest BCUT2D eigenvalue weighted by Crippen LogP contribution is -2.46. The molecule has 6 nitrogen and oxygen atoms in total. The summed E-state index contributed by atoms with van der Waals surface area (Å²) in [6, 6.07) is 14.2. The monoisotopic (exact) mass is 384 g/mol. The molecule has 2 aliphatic rings. The van der Waals surface area contributed by atoms with E-state index >= 15 is 0 Å². The Morgan fingerprint density at radius 2 is 1.86 bits per heavy atom. The first-order chi connectivity index (χ1) is 14.1. The van der Waals surface area contributed by atoms with Crippen LogP contribution in [0.1, 0.15) is 19.0 Å². The number of pyridine rings is 1. The fourth-order valence-electron chi connectivity index (χ4n) is 3.88. The Hall–Kier alpha value is -3.46. The van der Waals surface area contributed by atoms with Crippen LogP contribution in [0.3, 0.4) is 0 Å². The van der Waals surface area contributed by atoms with E-state index < -0.39 is 0 Å². The molecule has 0 amide bonds. The molecule has 146 valence electrons. The molecule has 29 heavy (non-hydrogen) atoms. The van der Waals surface area contributed by atoms with Gasteiger partial charge in [0.05, 0.1) is 6.54 Å². The number of hydrogen-bond donors (Lipinski definition) is 1. The van der Waals surface area contributed by atoms with Crippen molar-refractivity contribution >= 4 is 17.1 Å². The van der Waals surface area contributed by atoms with Gasteiger partial charge in [0.15, 0.2) is 0 Å². The number of aromatic nitrogens is 1. The molecule has 0 spiro atoms. The highest BCUT2D eigenvalue weighted by Gasteiger charge is 2.23. The maximum absolute atomic E-state index is 8.98. The lowest BCUT2D eigenvalue weighted by molar-refractivity contribution is 0.320. The lowest BCUT2D eigenvalue weighted by atomic mass is 10.0. The highest BCUT2D eigenvalue weighted by Crippen LogP contribution is 2.31. The van der Waals surface area contributed by atoms with Gasteiger partial charge in [-0.1, -0.05) is 18.2 Å². The summed E-state index contributed by atoms with van der Waals surface area (Å²) < 4.78 is 0. The van der Waals surface area contributed by atoms with E-state index in [0.29, 0.717) is 17.8 Å². The molecule has 1 fully saturated rings. The van der Waals surface area contributed by atoms with E-state index in [4.69, 9.17) is 10.7 Å². The van der Waals surface area contributed by atoms with Crippen molar-refractivity contribution in [3.8, 4) is 17.2 Å². The van der Waals surface area contributed by atoms with E-state index in [0.717, 1.165) is 49.6 Å². The first-order valence-corrected chi connectivity index (χ1v) is 9.87. The summed E-state index contributed by atoms with van der Waals surface area (Å²) in [6.07, 6.45) is 4.58. The molecule has 0 bridgehead atoms. The number of anilines is 1. The first kappa shape index (κ1) is 18.9. The predicted molar refractivity (Wildman–Crippen MR) is 117 cm³/mol. The minimum absolute atomic E-state index is 0.435. The van der Waals surface area contributed by atoms with E-state index in [1.807, 2.05) is 19.1 Å². The topological polar surface area (TPSA) is 79.4 Å². The third-order valence-electron chi connectivity index (χ3n) is 5.34. The van der Waals surface area contributed by atoms with E-state index in [1.165, 1.54) is 11.4 Å². The largest absolute Gasteiger partial charge is 0.370 e. The maximum atomic E-state index is 8.98. The highest BCUT2D eigenvalue weighted by molar-refractivity contribution is 6.09. The van der Waals surface area contributed by atoms with Crippen molar-refractivity contribution in [3.63, 3.8) is 0 Å². The Kier molecular flexibility index (Phi) is 5.39. The molecule has 0 atom stereocenters. The van der Waals surface area contributed by atoms with Crippen molar-refractivity contribution in [2.24, 2.45) is 4.99 Å². The van der Waals surface area contributed by atoms with Crippen molar-refractivity contribution < 1.29 is 0 Å². The van der Waals surface area contributed by atoms with Crippen molar-refractivity contribution in [3.05, 3.63) is 60.1 Å². The number of aliphatic imine (C=N–C) groups is 1. The highest BCUT2D eigenvalue weighted by atomic mass is 15.3. The van der Waals surface area contributed by atoms with Gasteiger partial charge in [0.2, 0.25) is 0 Å². The Bertz CT molecular complexity index is 1000. The third-order valence-corrected chi connectivity index (χ3v) is 5.34. The van der Waals surface area contributed by atoms with Crippen LogP contribution in [0.15, 0.2) is 59.4 Å². The number of rotatable bonds is 5. The number of allylic oxidation sites excluding steroid dienone is 1. The standard InChI is InChI=1S/C23H24N6/c1-17(25)12-20-13-21(16-27-20)28-8-10-29(11-9-28)23-5-3-2-4-22(23)18-6-7-19(14-24)26-15-18/h2-7,13,15,25H,8-12,16H2,1H3. The second-order valence-corrected chi connectivity index (χ2v) is 7.44. The number of nitrogens with zero attached hydrogens (tertiary/aromatic N) is 5. The van der Waals surface area contributed by atoms with Crippen LogP contribution in [0.25, 0.3) is 11.1 Å². The van der Waals surface area contributed by atoms with Gasteiger partial charge >= 0.3 is 0 Å². The molecule has 1 aromatic heterocycles. The molecule has 2 aromatic rings. The minimum atomic E-state index is 0.435. The molecular formula is C23H24N6.